The Morgan fingerprint density at radius 2 is 1.07 bits per heavy atom. The second-order valence-corrected chi connectivity index (χ2v) is 12.1. The summed E-state index contributed by atoms with van der Waals surface area (Å²) in [6.07, 6.45) is 0. The second kappa shape index (κ2) is 8.39. The fourth-order valence-electron chi connectivity index (χ4n) is 5.89. The molecule has 0 aliphatic rings. The predicted octanol–water partition coefficient (Wildman–Crippen LogP) is 10.2. The summed E-state index contributed by atoms with van der Waals surface area (Å²) < 4.78 is 4.83. The van der Waals surface area contributed by atoms with Gasteiger partial charge in [-0.1, -0.05) is 97.1 Å². The average molecular weight is 546 g/mol. The van der Waals surface area contributed by atoms with Crippen LogP contribution in [0.1, 0.15) is 0 Å². The van der Waals surface area contributed by atoms with Crippen LogP contribution in [-0.2, 0) is 0 Å². The summed E-state index contributed by atoms with van der Waals surface area (Å²) in [5, 5.41) is 6.98. The molecular weight excluding hydrogens is 527 g/mol. The fourth-order valence-corrected chi connectivity index (χ4v) is 8.15. The molecule has 0 amide bonds. The maximum atomic E-state index is 5.42. The quantitative estimate of drug-likeness (QED) is 0.203. The van der Waals surface area contributed by atoms with Gasteiger partial charge < -0.3 is 0 Å². The zero-order valence-electron chi connectivity index (χ0n) is 21.1. The number of fused-ring (bicyclic) bond motifs is 10. The van der Waals surface area contributed by atoms with Crippen molar-refractivity contribution in [1.29, 1.82) is 0 Å². The number of nitrogens with zero attached hydrogens (tertiary/aromatic N) is 3. The largest absolute Gasteiger partial charge is 0.243 e. The molecule has 0 saturated carbocycles. The summed E-state index contributed by atoms with van der Waals surface area (Å²) in [5.41, 5.74) is 4.84. The Labute approximate surface area is 237 Å². The van der Waals surface area contributed by atoms with Crippen molar-refractivity contribution in [3.05, 3.63) is 115 Å². The van der Waals surface area contributed by atoms with Gasteiger partial charge >= 0.3 is 0 Å². The molecule has 9 rings (SSSR count). The first-order valence-corrected chi connectivity index (χ1v) is 14.8. The normalized spacial score (nSPS) is 12.0. The number of benzene rings is 5. The van der Waals surface area contributed by atoms with Crippen LogP contribution in [0.3, 0.4) is 0 Å². The molecule has 4 heterocycles. The molecule has 0 aliphatic heterocycles. The summed E-state index contributed by atoms with van der Waals surface area (Å²) >= 11 is 3.57. The summed E-state index contributed by atoms with van der Waals surface area (Å²) in [4.78, 5) is 15.9. The molecule has 0 aliphatic carbocycles. The number of hydrogen-bond donors (Lipinski definition) is 0. The summed E-state index contributed by atoms with van der Waals surface area (Å²) in [6, 6.07) is 40.5. The monoisotopic (exact) mass is 545 g/mol. The van der Waals surface area contributed by atoms with Crippen molar-refractivity contribution in [2.45, 2.75) is 0 Å². The van der Waals surface area contributed by atoms with Crippen molar-refractivity contribution >= 4 is 84.8 Å². The van der Waals surface area contributed by atoms with Gasteiger partial charge in [0.1, 0.15) is 5.69 Å². The minimum absolute atomic E-state index is 0.657. The lowest BCUT2D eigenvalue weighted by Crippen LogP contribution is -1.97. The summed E-state index contributed by atoms with van der Waals surface area (Å²) in [5.74, 6) is 0.657. The lowest BCUT2D eigenvalue weighted by atomic mass is 10.0. The van der Waals surface area contributed by atoms with Crippen molar-refractivity contribution in [2.75, 3.05) is 0 Å². The van der Waals surface area contributed by atoms with Crippen LogP contribution in [0.5, 0.6) is 0 Å². The zero-order valence-corrected chi connectivity index (χ0v) is 22.8. The van der Waals surface area contributed by atoms with Gasteiger partial charge in [-0.3, -0.25) is 0 Å². The lowest BCUT2D eigenvalue weighted by Gasteiger charge is -2.12. The second-order valence-electron chi connectivity index (χ2n) is 9.98. The summed E-state index contributed by atoms with van der Waals surface area (Å²) in [7, 11) is 0. The molecule has 186 valence electrons. The minimum Gasteiger partial charge on any atom is -0.243 e. The molecule has 0 bridgehead atoms. The van der Waals surface area contributed by atoms with Gasteiger partial charge in [0.2, 0.25) is 0 Å². The molecule has 5 aromatic carbocycles. The third-order valence-electron chi connectivity index (χ3n) is 7.69. The van der Waals surface area contributed by atoms with E-state index in [1.165, 1.54) is 30.3 Å². The van der Waals surface area contributed by atoms with Gasteiger partial charge in [0, 0.05) is 46.6 Å². The Hall–Kier alpha value is -4.71. The van der Waals surface area contributed by atoms with Crippen LogP contribution < -0.4 is 0 Å². The van der Waals surface area contributed by atoms with Crippen LogP contribution in [0.15, 0.2) is 115 Å². The maximum Gasteiger partial charge on any atom is 0.180 e. The predicted molar refractivity (Wildman–Crippen MR) is 171 cm³/mol. The number of pyridine rings is 1. The van der Waals surface area contributed by atoms with Gasteiger partial charge in [-0.05, 0) is 23.6 Å². The van der Waals surface area contributed by atoms with Gasteiger partial charge in [-0.2, -0.15) is 0 Å². The summed E-state index contributed by atoms with van der Waals surface area (Å²) in [6.45, 7) is 0. The number of aromatic nitrogens is 3. The number of thiophene rings is 2. The van der Waals surface area contributed by atoms with Crippen molar-refractivity contribution < 1.29 is 0 Å². The number of hydrogen-bond acceptors (Lipinski definition) is 5. The third kappa shape index (κ3) is 3.13. The van der Waals surface area contributed by atoms with Gasteiger partial charge in [-0.15, -0.1) is 22.7 Å². The topological polar surface area (TPSA) is 38.7 Å². The molecule has 3 nitrogen and oxygen atoms in total. The van der Waals surface area contributed by atoms with E-state index in [0.717, 1.165) is 48.8 Å². The molecule has 0 N–H and O–H groups in total. The molecule has 0 atom stereocenters. The molecule has 9 aromatic rings. The highest BCUT2D eigenvalue weighted by molar-refractivity contribution is 7.26. The van der Waals surface area contributed by atoms with E-state index < -0.39 is 0 Å². The maximum absolute atomic E-state index is 5.42. The van der Waals surface area contributed by atoms with E-state index in [1.807, 2.05) is 17.4 Å². The van der Waals surface area contributed by atoms with Crippen molar-refractivity contribution in [3.63, 3.8) is 0 Å². The van der Waals surface area contributed by atoms with Crippen molar-refractivity contribution in [3.8, 4) is 22.8 Å². The van der Waals surface area contributed by atoms with Crippen molar-refractivity contribution in [2.24, 2.45) is 0 Å². The molecular formula is C35H19N3S2. The van der Waals surface area contributed by atoms with E-state index in [2.05, 4.69) is 109 Å². The third-order valence-corrected chi connectivity index (χ3v) is 9.99. The molecule has 0 unspecified atom stereocenters. The van der Waals surface area contributed by atoms with Crippen LogP contribution in [0.4, 0.5) is 0 Å². The Kier molecular flexibility index (Phi) is 4.65. The average Bonchev–Trinajstić information content (AvgIpc) is 3.59. The van der Waals surface area contributed by atoms with E-state index in [4.69, 9.17) is 15.0 Å². The van der Waals surface area contributed by atoms with E-state index in [9.17, 15) is 0 Å². The van der Waals surface area contributed by atoms with Gasteiger partial charge in [0.25, 0.3) is 0 Å². The van der Waals surface area contributed by atoms with Crippen molar-refractivity contribution in [1.82, 2.24) is 15.0 Å². The zero-order chi connectivity index (χ0) is 26.2. The van der Waals surface area contributed by atoms with Gasteiger partial charge in [-0.25, -0.2) is 15.0 Å². The van der Waals surface area contributed by atoms with Crippen LogP contribution >= 0.6 is 22.7 Å². The molecule has 4 aromatic heterocycles. The smallest absolute Gasteiger partial charge is 0.180 e. The molecule has 5 heteroatoms. The first kappa shape index (κ1) is 22.1. The van der Waals surface area contributed by atoms with E-state index in [-0.39, 0.29) is 0 Å². The van der Waals surface area contributed by atoms with Gasteiger partial charge in [0.05, 0.1) is 21.4 Å². The first-order valence-electron chi connectivity index (χ1n) is 13.2. The minimum atomic E-state index is 0.657. The first-order chi connectivity index (χ1) is 19.8. The Morgan fingerprint density at radius 1 is 0.400 bits per heavy atom. The van der Waals surface area contributed by atoms with Gasteiger partial charge in [0.15, 0.2) is 5.82 Å². The molecule has 40 heavy (non-hydrogen) atoms. The van der Waals surface area contributed by atoms with E-state index >= 15 is 0 Å². The SMILES string of the molecule is c1ccc(-c2nc(-c3nc4c(ccc5sc6ccccc6c54)c4ccccc34)nc3c2sc2ccccc23)cc1. The fraction of sp³-hybridized carbons (Fsp3) is 0. The van der Waals surface area contributed by atoms with E-state index in [1.54, 1.807) is 11.3 Å². The lowest BCUT2D eigenvalue weighted by molar-refractivity contribution is 1.21. The van der Waals surface area contributed by atoms with Crippen LogP contribution in [-0.4, -0.2) is 15.0 Å². The van der Waals surface area contributed by atoms with E-state index in [0.29, 0.717) is 5.82 Å². The standard InChI is InChI=1S/C35H19N3S2/c1-2-10-20(11-3-1)30-34-32(25-15-7-9-17-27(25)40-34)38-35(37-30)33-22-13-5-4-12-21(22)23-18-19-28-29(31(23)36-33)24-14-6-8-16-26(24)39-28/h1-19H. The Balaban J connectivity index is 1.46. The molecule has 0 spiro atoms. The highest BCUT2D eigenvalue weighted by atomic mass is 32.1. The molecule has 0 radical (unpaired) electrons. The Morgan fingerprint density at radius 3 is 1.90 bits per heavy atom. The molecule has 0 saturated heterocycles. The highest BCUT2D eigenvalue weighted by Crippen LogP contribution is 2.43. The van der Waals surface area contributed by atoms with Crippen LogP contribution in [0, 0.1) is 0 Å². The van der Waals surface area contributed by atoms with Crippen LogP contribution in [0.2, 0.25) is 0 Å². The van der Waals surface area contributed by atoms with Crippen LogP contribution in [0.25, 0.3) is 84.9 Å². The highest BCUT2D eigenvalue weighted by Gasteiger charge is 2.20. The molecule has 0 fully saturated rings. The number of rotatable bonds is 2. The Bertz CT molecular complexity index is 2440.